The summed E-state index contributed by atoms with van der Waals surface area (Å²) in [5, 5.41) is 0. The van der Waals surface area contributed by atoms with Crippen LogP contribution in [0.3, 0.4) is 0 Å². The predicted octanol–water partition coefficient (Wildman–Crippen LogP) is 7.79. The molecular formula is C34H54O8. The molecule has 0 aliphatic carbocycles. The van der Waals surface area contributed by atoms with Crippen molar-refractivity contribution in [2.75, 3.05) is 0 Å². The van der Waals surface area contributed by atoms with Gasteiger partial charge in [0.2, 0.25) is 0 Å². The molecule has 0 heterocycles. The van der Waals surface area contributed by atoms with E-state index in [1.165, 1.54) is 97.8 Å². The molecule has 1 aromatic rings. The predicted molar refractivity (Wildman–Crippen MR) is 162 cm³/mol. The van der Waals surface area contributed by atoms with Gasteiger partial charge in [-0.05, 0) is 32.8 Å². The molecule has 8 heteroatoms. The first kappa shape index (κ1) is 37.1. The number of hydrogen-bond acceptors (Lipinski definition) is 8. The fourth-order valence-corrected chi connectivity index (χ4v) is 4.43. The lowest BCUT2D eigenvalue weighted by Crippen LogP contribution is -2.36. The Morgan fingerprint density at radius 1 is 0.548 bits per heavy atom. The van der Waals surface area contributed by atoms with E-state index in [-0.39, 0.29) is 13.0 Å². The van der Waals surface area contributed by atoms with Gasteiger partial charge < -0.3 is 18.9 Å². The summed E-state index contributed by atoms with van der Waals surface area (Å²) < 4.78 is 20.4. The van der Waals surface area contributed by atoms with Crippen LogP contribution in [-0.2, 0) is 44.7 Å². The van der Waals surface area contributed by atoms with Gasteiger partial charge in [0.1, 0.15) is 6.61 Å². The lowest BCUT2D eigenvalue weighted by molar-refractivity contribution is -0.182. The van der Waals surface area contributed by atoms with Crippen LogP contribution in [0.25, 0.3) is 0 Å². The maximum atomic E-state index is 12.3. The van der Waals surface area contributed by atoms with Crippen molar-refractivity contribution >= 4 is 23.9 Å². The van der Waals surface area contributed by atoms with Crippen molar-refractivity contribution in [2.45, 2.75) is 155 Å². The molecule has 0 amide bonds. The van der Waals surface area contributed by atoms with Crippen LogP contribution >= 0.6 is 0 Å². The average Bonchev–Trinajstić information content (AvgIpc) is 2.98. The van der Waals surface area contributed by atoms with E-state index in [2.05, 4.69) is 6.92 Å². The molecule has 0 bridgehead atoms. The molecule has 3 atom stereocenters. The van der Waals surface area contributed by atoms with E-state index < -0.39 is 42.2 Å². The Labute approximate surface area is 253 Å². The molecule has 0 unspecified atom stereocenters. The largest absolute Gasteiger partial charge is 0.458 e. The molecule has 0 aliphatic heterocycles. The maximum absolute atomic E-state index is 12.3. The Balaban J connectivity index is 2.08. The summed E-state index contributed by atoms with van der Waals surface area (Å²) in [5.41, 5.74) is 0.801. The van der Waals surface area contributed by atoms with Crippen molar-refractivity contribution in [2.24, 2.45) is 0 Å². The van der Waals surface area contributed by atoms with Crippen LogP contribution in [0.2, 0.25) is 0 Å². The van der Waals surface area contributed by atoms with Crippen LogP contribution in [0.1, 0.15) is 136 Å². The van der Waals surface area contributed by atoms with Gasteiger partial charge in [-0.15, -0.1) is 0 Å². The van der Waals surface area contributed by atoms with Crippen LogP contribution in [-0.4, -0.2) is 42.2 Å². The Hall–Kier alpha value is -2.90. The summed E-state index contributed by atoms with van der Waals surface area (Å²) in [5.74, 6) is -2.95. The summed E-state index contributed by atoms with van der Waals surface area (Å²) in [6.07, 6.45) is 15.2. The highest BCUT2D eigenvalue weighted by Gasteiger charge is 2.28. The molecule has 0 radical (unpaired) electrons. The maximum Gasteiger partial charge on any atom is 0.347 e. The first-order chi connectivity index (χ1) is 20.2. The normalized spacial score (nSPS) is 13.0. The van der Waals surface area contributed by atoms with Gasteiger partial charge in [-0.1, -0.05) is 127 Å². The van der Waals surface area contributed by atoms with E-state index in [4.69, 9.17) is 18.9 Å². The van der Waals surface area contributed by atoms with E-state index in [0.717, 1.165) is 18.4 Å². The van der Waals surface area contributed by atoms with Crippen molar-refractivity contribution in [3.8, 4) is 0 Å². The fourth-order valence-electron chi connectivity index (χ4n) is 4.43. The van der Waals surface area contributed by atoms with Gasteiger partial charge in [0.15, 0.2) is 18.3 Å². The molecule has 1 rings (SSSR count). The summed E-state index contributed by atoms with van der Waals surface area (Å²) >= 11 is 0. The number of carbonyl (C=O) groups is 4. The van der Waals surface area contributed by atoms with Gasteiger partial charge in [-0.25, -0.2) is 14.4 Å². The van der Waals surface area contributed by atoms with Crippen LogP contribution in [0.15, 0.2) is 30.3 Å². The second-order valence-corrected chi connectivity index (χ2v) is 11.1. The van der Waals surface area contributed by atoms with Crippen molar-refractivity contribution in [3.63, 3.8) is 0 Å². The Kier molecular flexibility index (Phi) is 20.9. The zero-order chi connectivity index (χ0) is 31.0. The summed E-state index contributed by atoms with van der Waals surface area (Å²) in [7, 11) is 0. The van der Waals surface area contributed by atoms with Crippen molar-refractivity contribution in [1.82, 2.24) is 0 Å². The SMILES string of the molecule is CCCCCCCCCCCCCCCCCC(=O)O[C@H](C)C(=O)O[C@H](C)C(=O)O[C@H](C)C(=O)OCc1ccccc1. The summed E-state index contributed by atoms with van der Waals surface area (Å²) in [4.78, 5) is 48.8. The third-order valence-electron chi connectivity index (χ3n) is 7.10. The quantitative estimate of drug-likeness (QED) is 0.0682. The molecular weight excluding hydrogens is 536 g/mol. The molecule has 0 aromatic heterocycles. The van der Waals surface area contributed by atoms with Gasteiger partial charge in [-0.3, -0.25) is 4.79 Å². The number of rotatable bonds is 24. The molecule has 0 spiro atoms. The monoisotopic (exact) mass is 590 g/mol. The number of benzene rings is 1. The topological polar surface area (TPSA) is 105 Å². The van der Waals surface area contributed by atoms with Gasteiger partial charge in [0.25, 0.3) is 0 Å². The second-order valence-electron chi connectivity index (χ2n) is 11.1. The Morgan fingerprint density at radius 2 is 0.952 bits per heavy atom. The first-order valence-electron chi connectivity index (χ1n) is 16.1. The van der Waals surface area contributed by atoms with E-state index in [9.17, 15) is 19.2 Å². The smallest absolute Gasteiger partial charge is 0.347 e. The highest BCUT2D eigenvalue weighted by atomic mass is 16.6. The highest BCUT2D eigenvalue weighted by molar-refractivity contribution is 5.84. The van der Waals surface area contributed by atoms with Gasteiger partial charge >= 0.3 is 23.9 Å². The molecule has 1 aromatic carbocycles. The molecule has 42 heavy (non-hydrogen) atoms. The van der Waals surface area contributed by atoms with Gasteiger partial charge in [0.05, 0.1) is 0 Å². The third-order valence-corrected chi connectivity index (χ3v) is 7.10. The van der Waals surface area contributed by atoms with Crippen molar-refractivity contribution in [3.05, 3.63) is 35.9 Å². The van der Waals surface area contributed by atoms with Crippen molar-refractivity contribution in [1.29, 1.82) is 0 Å². The van der Waals surface area contributed by atoms with Crippen LogP contribution in [0.4, 0.5) is 0 Å². The van der Waals surface area contributed by atoms with Crippen molar-refractivity contribution < 1.29 is 38.1 Å². The lowest BCUT2D eigenvalue weighted by atomic mass is 10.0. The lowest BCUT2D eigenvalue weighted by Gasteiger charge is -2.18. The number of unbranched alkanes of at least 4 members (excludes halogenated alkanes) is 14. The number of hydrogen-bond donors (Lipinski definition) is 0. The zero-order valence-electron chi connectivity index (χ0n) is 26.4. The van der Waals surface area contributed by atoms with Crippen LogP contribution in [0, 0.1) is 0 Å². The van der Waals surface area contributed by atoms with Gasteiger partial charge in [0, 0.05) is 6.42 Å². The zero-order valence-corrected chi connectivity index (χ0v) is 26.4. The Morgan fingerprint density at radius 3 is 1.43 bits per heavy atom. The third kappa shape index (κ3) is 18.5. The fraction of sp³-hybridized carbons (Fsp3) is 0.706. The van der Waals surface area contributed by atoms with E-state index in [1.54, 1.807) is 12.1 Å². The summed E-state index contributed by atoms with van der Waals surface area (Å²) in [6.45, 7) is 6.40. The molecule has 0 saturated carbocycles. The van der Waals surface area contributed by atoms with Crippen LogP contribution < -0.4 is 0 Å². The molecule has 8 nitrogen and oxygen atoms in total. The molecule has 0 N–H and O–H groups in total. The average molecular weight is 591 g/mol. The number of carbonyl (C=O) groups excluding carboxylic acids is 4. The van der Waals surface area contributed by atoms with E-state index in [0.29, 0.717) is 6.42 Å². The molecule has 0 saturated heterocycles. The van der Waals surface area contributed by atoms with Crippen LogP contribution in [0.5, 0.6) is 0 Å². The number of ether oxygens (including phenoxy) is 4. The highest BCUT2D eigenvalue weighted by Crippen LogP contribution is 2.14. The molecule has 238 valence electrons. The standard InChI is InChI=1S/C34H54O8/c1-5-6-7-8-9-10-11-12-13-14-15-16-17-18-22-25-31(35)40-28(3)33(37)42-29(4)34(38)41-27(2)32(36)39-26-30-23-20-19-21-24-30/h19-21,23-24,27-29H,5-18,22,25-26H2,1-4H3/t27-,28-,29-/m1/s1. The van der Waals surface area contributed by atoms with Gasteiger partial charge in [-0.2, -0.15) is 0 Å². The minimum absolute atomic E-state index is 0.0500. The van der Waals surface area contributed by atoms with E-state index in [1.807, 2.05) is 18.2 Å². The minimum atomic E-state index is -1.28. The summed E-state index contributed by atoms with van der Waals surface area (Å²) in [6, 6.07) is 9.10. The Bertz CT molecular complexity index is 885. The van der Waals surface area contributed by atoms with E-state index >= 15 is 0 Å². The minimum Gasteiger partial charge on any atom is -0.458 e. The molecule has 0 fully saturated rings. The second kappa shape index (κ2) is 23.6. The first-order valence-corrected chi connectivity index (χ1v) is 16.1. The number of esters is 4. The molecule has 0 aliphatic rings.